The summed E-state index contributed by atoms with van der Waals surface area (Å²) in [5.41, 5.74) is 29.8. The SMILES string of the molecule is Cc1c(C)c(-c2ccc(N(c3ccccn3)c3ccccn3)cc2)c(C)c(C)c1B(c1c(C)c(C)c(-c2ccc(N(c3ccccn3)c3ccccn3)cc2)c(C)c1C)c1c(C)c(C)c(-c2ccc(N(c3ccccn3)c3ccccn3)cc2)c(C)c1C. The highest BCUT2D eigenvalue weighted by atomic mass is 15.3. The van der Waals surface area contributed by atoms with Crippen LogP contribution in [0.15, 0.2) is 219 Å². The minimum Gasteiger partial charge on any atom is -0.279 e. The zero-order valence-corrected chi connectivity index (χ0v) is 52.4. The van der Waals surface area contributed by atoms with Crippen LogP contribution in [0.3, 0.4) is 0 Å². The molecule has 6 aromatic heterocycles. The van der Waals surface area contributed by atoms with Crippen LogP contribution >= 0.6 is 0 Å². The first-order valence-electron chi connectivity index (χ1n) is 30.2. The third kappa shape index (κ3) is 10.6. The highest BCUT2D eigenvalue weighted by Gasteiger charge is 2.36. The van der Waals surface area contributed by atoms with Crippen molar-refractivity contribution in [1.29, 1.82) is 0 Å². The Hall–Kier alpha value is -10.3. The van der Waals surface area contributed by atoms with Gasteiger partial charge in [0, 0.05) is 54.2 Å². The molecule has 0 N–H and O–H groups in total. The van der Waals surface area contributed by atoms with E-state index < -0.39 is 0 Å². The van der Waals surface area contributed by atoms with Gasteiger partial charge in [0.15, 0.2) is 0 Å². The number of benzene rings is 6. The van der Waals surface area contributed by atoms with Gasteiger partial charge >= 0.3 is 0 Å². The molecule has 12 aromatic rings. The van der Waals surface area contributed by atoms with E-state index in [-0.39, 0.29) is 6.71 Å². The van der Waals surface area contributed by atoms with Crippen molar-refractivity contribution >= 4 is 75.1 Å². The van der Waals surface area contributed by atoms with Gasteiger partial charge in [0.1, 0.15) is 34.9 Å². The fourth-order valence-corrected chi connectivity index (χ4v) is 13.4. The zero-order valence-electron chi connectivity index (χ0n) is 52.4. The van der Waals surface area contributed by atoms with Gasteiger partial charge in [-0.2, -0.15) is 0 Å². The molecule has 9 nitrogen and oxygen atoms in total. The molecule has 10 heteroatoms. The monoisotopic (exact) mass is 1150 g/mol. The van der Waals surface area contributed by atoms with E-state index in [0.29, 0.717) is 0 Å². The Morgan fingerprint density at radius 1 is 0.216 bits per heavy atom. The molecule has 0 saturated carbocycles. The molecular formula is C78H72BN9. The van der Waals surface area contributed by atoms with Crippen molar-refractivity contribution in [2.45, 2.75) is 83.1 Å². The largest absolute Gasteiger partial charge is 0.279 e. The van der Waals surface area contributed by atoms with Gasteiger partial charge in [0.05, 0.1) is 0 Å². The number of hydrogen-bond acceptors (Lipinski definition) is 9. The van der Waals surface area contributed by atoms with Gasteiger partial charge in [-0.05, 0) is 259 Å². The second kappa shape index (κ2) is 24.6. The van der Waals surface area contributed by atoms with Crippen LogP contribution in [0.25, 0.3) is 33.4 Å². The maximum Gasteiger partial charge on any atom is 0.243 e. The Labute approximate surface area is 519 Å². The first-order valence-corrected chi connectivity index (χ1v) is 30.2. The van der Waals surface area contributed by atoms with Crippen LogP contribution in [0, 0.1) is 83.1 Å². The third-order valence-corrected chi connectivity index (χ3v) is 18.4. The lowest BCUT2D eigenvalue weighted by Crippen LogP contribution is -2.58. The summed E-state index contributed by atoms with van der Waals surface area (Å²) in [4.78, 5) is 34.9. The summed E-state index contributed by atoms with van der Waals surface area (Å²) < 4.78 is 0. The smallest absolute Gasteiger partial charge is 0.243 e. The molecule has 0 fully saturated rings. The van der Waals surface area contributed by atoms with E-state index in [4.69, 9.17) is 29.9 Å². The first-order chi connectivity index (χ1) is 42.7. The Bertz CT molecular complexity index is 3800. The minimum absolute atomic E-state index is 0.0996. The van der Waals surface area contributed by atoms with Crippen LogP contribution in [-0.4, -0.2) is 36.6 Å². The standard InChI is InChI=1S/C78H72BN9/c1-49-55(7)76(56(8)50(2)73(49)61-31-37-64(38-32-61)86(67-25-13-19-43-80-67)68-26-14-20-44-81-68)79(77-57(9)51(3)74(52(4)58(77)10)62-33-39-65(40-34-62)87(69-27-15-21-45-82-69)70-28-16-22-46-83-70)78-59(11)53(5)75(54(6)60(78)12)63-35-41-66(42-36-63)88(71-29-17-23-47-84-71)72-30-18-24-48-85-72/h13-48H,1-12H3. The summed E-state index contributed by atoms with van der Waals surface area (Å²) in [6.45, 7) is 28.1. The molecule has 0 radical (unpaired) electrons. The van der Waals surface area contributed by atoms with E-state index in [1.807, 2.05) is 146 Å². The van der Waals surface area contributed by atoms with Crippen molar-refractivity contribution in [3.63, 3.8) is 0 Å². The summed E-state index contributed by atoms with van der Waals surface area (Å²) >= 11 is 0. The summed E-state index contributed by atoms with van der Waals surface area (Å²) in [7, 11) is 0. The summed E-state index contributed by atoms with van der Waals surface area (Å²) in [6.07, 6.45) is 11.0. The number of aromatic nitrogens is 6. The number of anilines is 9. The topological polar surface area (TPSA) is 87.1 Å². The summed E-state index contributed by atoms with van der Waals surface area (Å²) in [5, 5.41) is 0. The summed E-state index contributed by atoms with van der Waals surface area (Å²) in [5.74, 6) is 4.84. The van der Waals surface area contributed by atoms with Gasteiger partial charge in [0.25, 0.3) is 0 Å². The normalized spacial score (nSPS) is 11.2. The number of rotatable bonds is 15. The van der Waals surface area contributed by atoms with E-state index in [2.05, 4.69) is 171 Å². The van der Waals surface area contributed by atoms with Crippen LogP contribution in [0.5, 0.6) is 0 Å². The molecule has 6 aromatic carbocycles. The van der Waals surface area contributed by atoms with E-state index in [1.54, 1.807) is 0 Å². The average molecular weight is 1150 g/mol. The number of hydrogen-bond donors (Lipinski definition) is 0. The van der Waals surface area contributed by atoms with Crippen molar-refractivity contribution in [2.75, 3.05) is 14.7 Å². The average Bonchev–Trinajstić information content (AvgIpc) is 0.890. The Kier molecular flexibility index (Phi) is 16.2. The lowest BCUT2D eigenvalue weighted by Gasteiger charge is -2.33. The fraction of sp³-hybridized carbons (Fsp3) is 0.154. The van der Waals surface area contributed by atoms with Crippen LogP contribution in [0.1, 0.15) is 66.8 Å². The second-order valence-corrected chi connectivity index (χ2v) is 23.1. The van der Waals surface area contributed by atoms with Gasteiger partial charge in [-0.15, -0.1) is 0 Å². The predicted molar refractivity (Wildman–Crippen MR) is 368 cm³/mol. The maximum atomic E-state index is 4.76. The van der Waals surface area contributed by atoms with E-state index in [9.17, 15) is 0 Å². The van der Waals surface area contributed by atoms with Gasteiger partial charge < -0.3 is 0 Å². The quantitative estimate of drug-likeness (QED) is 0.0932. The number of nitrogens with zero attached hydrogens (tertiary/aromatic N) is 9. The molecule has 432 valence electrons. The molecule has 0 aliphatic heterocycles. The zero-order chi connectivity index (χ0) is 61.3. The van der Waals surface area contributed by atoms with Gasteiger partial charge in [-0.25, -0.2) is 29.9 Å². The Morgan fingerprint density at radius 3 is 0.557 bits per heavy atom. The van der Waals surface area contributed by atoms with Crippen LogP contribution in [-0.2, 0) is 0 Å². The Morgan fingerprint density at radius 2 is 0.398 bits per heavy atom. The molecule has 88 heavy (non-hydrogen) atoms. The molecular weight excluding hydrogens is 1070 g/mol. The van der Waals surface area contributed by atoms with Crippen LogP contribution in [0.4, 0.5) is 52.0 Å². The van der Waals surface area contributed by atoms with E-state index in [1.165, 1.54) is 117 Å². The number of pyridine rings is 6. The third-order valence-electron chi connectivity index (χ3n) is 18.4. The molecule has 0 bridgehead atoms. The molecule has 12 rings (SSSR count). The second-order valence-electron chi connectivity index (χ2n) is 23.1. The lowest BCUT2D eigenvalue weighted by atomic mass is 9.32. The molecule has 0 saturated heterocycles. The highest BCUT2D eigenvalue weighted by Crippen LogP contribution is 2.41. The minimum atomic E-state index is -0.0996. The maximum absolute atomic E-state index is 4.76. The van der Waals surface area contributed by atoms with Gasteiger partial charge in [-0.3, -0.25) is 14.7 Å². The highest BCUT2D eigenvalue weighted by molar-refractivity contribution is 6.97. The van der Waals surface area contributed by atoms with Crippen molar-refractivity contribution in [3.8, 4) is 33.4 Å². The van der Waals surface area contributed by atoms with Crippen LogP contribution < -0.4 is 31.1 Å². The van der Waals surface area contributed by atoms with Crippen molar-refractivity contribution in [1.82, 2.24) is 29.9 Å². The van der Waals surface area contributed by atoms with E-state index >= 15 is 0 Å². The molecule has 0 amide bonds. The van der Waals surface area contributed by atoms with Crippen molar-refractivity contribution in [3.05, 3.63) is 286 Å². The van der Waals surface area contributed by atoms with Gasteiger partial charge in [0.2, 0.25) is 6.71 Å². The molecule has 0 atom stereocenters. The molecule has 0 spiro atoms. The molecule has 0 unspecified atom stereocenters. The fourth-order valence-electron chi connectivity index (χ4n) is 13.4. The lowest BCUT2D eigenvalue weighted by molar-refractivity contribution is 1.12. The van der Waals surface area contributed by atoms with Crippen molar-refractivity contribution in [2.24, 2.45) is 0 Å². The summed E-state index contributed by atoms with van der Waals surface area (Å²) in [6, 6.07) is 62.7. The van der Waals surface area contributed by atoms with Gasteiger partial charge in [-0.1, -0.05) is 123 Å². The van der Waals surface area contributed by atoms with E-state index in [0.717, 1.165) is 52.0 Å². The van der Waals surface area contributed by atoms with Crippen LogP contribution in [0.2, 0.25) is 0 Å². The first kappa shape index (κ1) is 58.1. The molecule has 0 aliphatic rings. The predicted octanol–water partition coefficient (Wildman–Crippen LogP) is 17.7. The molecule has 0 aliphatic carbocycles. The Balaban J connectivity index is 1.01. The van der Waals surface area contributed by atoms with Crippen molar-refractivity contribution < 1.29 is 0 Å². The molecule has 6 heterocycles.